The first-order chi connectivity index (χ1) is 7.84. The lowest BCUT2D eigenvalue weighted by Gasteiger charge is -2.50. The molecule has 4 heterocycles. The van der Waals surface area contributed by atoms with Crippen molar-refractivity contribution >= 4 is 0 Å². The zero-order chi connectivity index (χ0) is 11.0. The summed E-state index contributed by atoms with van der Waals surface area (Å²) < 4.78 is 5.48. The molecule has 4 heteroatoms. The van der Waals surface area contributed by atoms with Crippen LogP contribution >= 0.6 is 0 Å². The molecule has 4 rings (SSSR count). The van der Waals surface area contributed by atoms with Gasteiger partial charge in [0, 0.05) is 51.3 Å². The minimum atomic E-state index is -0.191. The molecule has 2 bridgehead atoms. The fraction of sp³-hybridized carbons (Fsp3) is 1.00. The first-order valence-electron chi connectivity index (χ1n) is 6.57. The highest BCUT2D eigenvalue weighted by Crippen LogP contribution is 2.26. The molecule has 4 nitrogen and oxygen atoms in total. The lowest BCUT2D eigenvalue weighted by molar-refractivity contribution is -0.0894. The second-order valence-corrected chi connectivity index (χ2v) is 5.37. The number of fused-ring (bicyclic) bond motifs is 3. The van der Waals surface area contributed by atoms with Crippen molar-refractivity contribution in [3.05, 3.63) is 0 Å². The van der Waals surface area contributed by atoms with Crippen LogP contribution in [0.3, 0.4) is 0 Å². The van der Waals surface area contributed by atoms with Crippen LogP contribution in [0.15, 0.2) is 0 Å². The minimum Gasteiger partial charge on any atom is -0.391 e. The SMILES string of the molecule is OC(C1CCCOC1)C1CN2CCN1CC2. The largest absolute Gasteiger partial charge is 0.391 e. The maximum absolute atomic E-state index is 10.5. The van der Waals surface area contributed by atoms with Gasteiger partial charge in [-0.2, -0.15) is 0 Å². The van der Waals surface area contributed by atoms with E-state index in [-0.39, 0.29) is 6.10 Å². The lowest BCUT2D eigenvalue weighted by Crippen LogP contribution is -2.65. The Balaban J connectivity index is 1.63. The molecular weight excluding hydrogens is 204 g/mol. The van der Waals surface area contributed by atoms with Crippen molar-refractivity contribution in [1.29, 1.82) is 0 Å². The van der Waals surface area contributed by atoms with Crippen molar-refractivity contribution in [2.24, 2.45) is 5.92 Å². The molecule has 4 aliphatic heterocycles. The van der Waals surface area contributed by atoms with E-state index in [2.05, 4.69) is 9.80 Å². The average Bonchev–Trinajstić information content (AvgIpc) is 2.40. The summed E-state index contributed by atoms with van der Waals surface area (Å²) in [4.78, 5) is 4.96. The number of nitrogens with zero attached hydrogens (tertiary/aromatic N) is 2. The van der Waals surface area contributed by atoms with E-state index in [1.807, 2.05) is 0 Å². The first kappa shape index (κ1) is 11.0. The van der Waals surface area contributed by atoms with Crippen LogP contribution in [0.25, 0.3) is 0 Å². The summed E-state index contributed by atoms with van der Waals surface area (Å²) in [5.41, 5.74) is 0. The van der Waals surface area contributed by atoms with E-state index in [1.54, 1.807) is 0 Å². The molecule has 4 aliphatic rings. The van der Waals surface area contributed by atoms with Crippen molar-refractivity contribution in [3.8, 4) is 0 Å². The first-order valence-corrected chi connectivity index (χ1v) is 6.57. The molecule has 4 saturated heterocycles. The summed E-state index contributed by atoms with van der Waals surface area (Å²) in [6.45, 7) is 7.33. The number of aliphatic hydroxyl groups excluding tert-OH is 1. The molecule has 0 amide bonds. The Morgan fingerprint density at radius 1 is 1.19 bits per heavy atom. The summed E-state index contributed by atoms with van der Waals surface area (Å²) in [7, 11) is 0. The predicted molar refractivity (Wildman–Crippen MR) is 61.4 cm³/mol. The molecule has 92 valence electrons. The van der Waals surface area contributed by atoms with Gasteiger partial charge in [0.05, 0.1) is 12.7 Å². The van der Waals surface area contributed by atoms with Crippen LogP contribution in [-0.4, -0.2) is 73.0 Å². The van der Waals surface area contributed by atoms with E-state index >= 15 is 0 Å². The number of rotatable bonds is 2. The quantitative estimate of drug-likeness (QED) is 0.706. The van der Waals surface area contributed by atoms with Gasteiger partial charge in [-0.1, -0.05) is 0 Å². The second-order valence-electron chi connectivity index (χ2n) is 5.37. The van der Waals surface area contributed by atoms with Crippen molar-refractivity contribution < 1.29 is 9.84 Å². The molecule has 16 heavy (non-hydrogen) atoms. The van der Waals surface area contributed by atoms with E-state index in [0.29, 0.717) is 12.0 Å². The Morgan fingerprint density at radius 3 is 2.56 bits per heavy atom. The third kappa shape index (κ3) is 1.99. The van der Waals surface area contributed by atoms with Crippen LogP contribution in [0.1, 0.15) is 12.8 Å². The van der Waals surface area contributed by atoms with E-state index in [1.165, 1.54) is 13.1 Å². The Bertz CT molecular complexity index is 235. The van der Waals surface area contributed by atoms with Crippen molar-refractivity contribution in [1.82, 2.24) is 9.80 Å². The monoisotopic (exact) mass is 226 g/mol. The fourth-order valence-electron chi connectivity index (χ4n) is 3.33. The zero-order valence-corrected chi connectivity index (χ0v) is 9.85. The van der Waals surface area contributed by atoms with Gasteiger partial charge in [0.25, 0.3) is 0 Å². The maximum Gasteiger partial charge on any atom is 0.0757 e. The van der Waals surface area contributed by atoms with Crippen LogP contribution in [0.2, 0.25) is 0 Å². The number of aliphatic hydroxyl groups is 1. The van der Waals surface area contributed by atoms with Gasteiger partial charge in [-0.15, -0.1) is 0 Å². The summed E-state index contributed by atoms with van der Waals surface area (Å²) in [6, 6.07) is 0.356. The molecule has 3 atom stereocenters. The third-order valence-electron chi connectivity index (χ3n) is 4.39. The molecular formula is C12H22N2O2. The molecule has 4 fully saturated rings. The Hall–Kier alpha value is -0.160. The van der Waals surface area contributed by atoms with Gasteiger partial charge < -0.3 is 9.84 Å². The summed E-state index contributed by atoms with van der Waals surface area (Å²) in [5.74, 6) is 0.360. The zero-order valence-electron chi connectivity index (χ0n) is 9.85. The number of hydrogen-bond acceptors (Lipinski definition) is 4. The lowest BCUT2D eigenvalue weighted by atomic mass is 9.88. The van der Waals surface area contributed by atoms with Gasteiger partial charge in [-0.3, -0.25) is 9.80 Å². The molecule has 0 aromatic carbocycles. The van der Waals surface area contributed by atoms with Crippen molar-refractivity contribution in [3.63, 3.8) is 0 Å². The van der Waals surface area contributed by atoms with Gasteiger partial charge in [0.2, 0.25) is 0 Å². The molecule has 0 saturated carbocycles. The van der Waals surface area contributed by atoms with Crippen LogP contribution in [0.4, 0.5) is 0 Å². The molecule has 0 radical (unpaired) electrons. The summed E-state index contributed by atoms with van der Waals surface area (Å²) in [5, 5.41) is 10.5. The van der Waals surface area contributed by atoms with Crippen molar-refractivity contribution in [2.75, 3.05) is 45.9 Å². The number of hydrogen-bond donors (Lipinski definition) is 1. The smallest absolute Gasteiger partial charge is 0.0757 e. The van der Waals surface area contributed by atoms with E-state index in [0.717, 1.165) is 45.7 Å². The average molecular weight is 226 g/mol. The molecule has 1 N–H and O–H groups in total. The topological polar surface area (TPSA) is 35.9 Å². The third-order valence-corrected chi connectivity index (χ3v) is 4.39. The standard InChI is InChI=1S/C12H22N2O2/c15-12(10-2-1-7-16-9-10)11-8-13-3-5-14(11)6-4-13/h10-12,15H,1-9H2. The summed E-state index contributed by atoms with van der Waals surface area (Å²) >= 11 is 0. The molecule has 0 aromatic heterocycles. The van der Waals surface area contributed by atoms with Gasteiger partial charge >= 0.3 is 0 Å². The second kappa shape index (κ2) is 4.61. The van der Waals surface area contributed by atoms with E-state index in [4.69, 9.17) is 4.74 Å². The van der Waals surface area contributed by atoms with E-state index < -0.39 is 0 Å². The highest BCUT2D eigenvalue weighted by molar-refractivity contribution is 4.94. The molecule has 0 aliphatic carbocycles. The van der Waals surface area contributed by atoms with E-state index in [9.17, 15) is 5.11 Å². The van der Waals surface area contributed by atoms with Crippen LogP contribution in [-0.2, 0) is 4.74 Å². The predicted octanol–water partition coefficient (Wildman–Crippen LogP) is -0.226. The Labute approximate surface area is 97.2 Å². The van der Waals surface area contributed by atoms with Crippen LogP contribution < -0.4 is 0 Å². The minimum absolute atomic E-state index is 0.191. The molecule has 0 spiro atoms. The van der Waals surface area contributed by atoms with Gasteiger partial charge in [0.15, 0.2) is 0 Å². The number of ether oxygens (including phenoxy) is 1. The van der Waals surface area contributed by atoms with Crippen molar-refractivity contribution in [2.45, 2.75) is 25.0 Å². The van der Waals surface area contributed by atoms with Crippen LogP contribution in [0, 0.1) is 5.92 Å². The fourth-order valence-corrected chi connectivity index (χ4v) is 3.33. The molecule has 0 aromatic rings. The van der Waals surface area contributed by atoms with Gasteiger partial charge in [0.1, 0.15) is 0 Å². The van der Waals surface area contributed by atoms with Gasteiger partial charge in [-0.05, 0) is 12.8 Å². The normalized spacial score (nSPS) is 45.6. The maximum atomic E-state index is 10.5. The highest BCUT2D eigenvalue weighted by Gasteiger charge is 2.39. The summed E-state index contributed by atoms with van der Waals surface area (Å²) in [6.07, 6.45) is 2.05. The highest BCUT2D eigenvalue weighted by atomic mass is 16.5. The van der Waals surface area contributed by atoms with Crippen LogP contribution in [0.5, 0.6) is 0 Å². The molecule has 3 unspecified atom stereocenters. The Morgan fingerprint density at radius 2 is 2.00 bits per heavy atom. The van der Waals surface area contributed by atoms with Gasteiger partial charge in [-0.25, -0.2) is 0 Å². The Kier molecular flexibility index (Phi) is 3.16. The number of piperazine rings is 3.